The SMILES string of the molecule is Cc1nc(Nc2ccc(C(C)(C)C)cc2)cc(C(=O)NC(C)C)n1. The average Bonchev–Trinajstić information content (AvgIpc) is 2.45. The van der Waals surface area contributed by atoms with Gasteiger partial charge in [0.25, 0.3) is 5.91 Å². The highest BCUT2D eigenvalue weighted by atomic mass is 16.1. The first kappa shape index (κ1) is 17.9. The Morgan fingerprint density at radius 1 is 1.08 bits per heavy atom. The quantitative estimate of drug-likeness (QED) is 0.892. The third-order valence-electron chi connectivity index (χ3n) is 3.51. The third kappa shape index (κ3) is 4.78. The van der Waals surface area contributed by atoms with E-state index in [9.17, 15) is 4.79 Å². The number of nitrogens with one attached hydrogen (secondary N) is 2. The van der Waals surface area contributed by atoms with Crippen molar-refractivity contribution in [1.82, 2.24) is 15.3 Å². The van der Waals surface area contributed by atoms with Gasteiger partial charge in [-0.1, -0.05) is 32.9 Å². The van der Waals surface area contributed by atoms with Gasteiger partial charge in [0.1, 0.15) is 17.3 Å². The van der Waals surface area contributed by atoms with Gasteiger partial charge >= 0.3 is 0 Å². The second-order valence-corrected chi connectivity index (χ2v) is 7.27. The minimum Gasteiger partial charge on any atom is -0.349 e. The predicted octanol–water partition coefficient (Wildman–Crippen LogP) is 3.96. The van der Waals surface area contributed by atoms with Crippen molar-refractivity contribution < 1.29 is 4.79 Å². The zero-order valence-electron chi connectivity index (χ0n) is 15.3. The molecule has 0 atom stereocenters. The predicted molar refractivity (Wildman–Crippen MR) is 97.8 cm³/mol. The molecule has 0 aliphatic carbocycles. The molecule has 2 rings (SSSR count). The lowest BCUT2D eigenvalue weighted by Gasteiger charge is -2.19. The van der Waals surface area contributed by atoms with Gasteiger partial charge in [-0.05, 0) is 43.9 Å². The van der Waals surface area contributed by atoms with Gasteiger partial charge in [-0.3, -0.25) is 4.79 Å². The van der Waals surface area contributed by atoms with Crippen LogP contribution in [0.25, 0.3) is 0 Å². The van der Waals surface area contributed by atoms with Gasteiger partial charge in [0, 0.05) is 17.8 Å². The number of carbonyl (C=O) groups is 1. The zero-order valence-corrected chi connectivity index (χ0v) is 15.3. The minimum atomic E-state index is -0.193. The molecule has 0 spiro atoms. The summed E-state index contributed by atoms with van der Waals surface area (Å²) in [6, 6.07) is 9.97. The molecule has 0 aliphatic heterocycles. The molecule has 2 aromatic rings. The molecule has 128 valence electrons. The average molecular weight is 326 g/mol. The van der Waals surface area contributed by atoms with Crippen molar-refractivity contribution in [2.45, 2.75) is 53.0 Å². The Morgan fingerprint density at radius 3 is 2.25 bits per heavy atom. The molecular weight excluding hydrogens is 300 g/mol. The van der Waals surface area contributed by atoms with Gasteiger partial charge in [0.05, 0.1) is 0 Å². The molecule has 0 radical (unpaired) electrons. The molecule has 5 heteroatoms. The van der Waals surface area contributed by atoms with Crippen molar-refractivity contribution >= 4 is 17.4 Å². The van der Waals surface area contributed by atoms with Crippen molar-refractivity contribution in [1.29, 1.82) is 0 Å². The van der Waals surface area contributed by atoms with E-state index in [1.165, 1.54) is 5.56 Å². The largest absolute Gasteiger partial charge is 0.349 e. The Balaban J connectivity index is 2.20. The van der Waals surface area contributed by atoms with E-state index in [-0.39, 0.29) is 17.4 Å². The molecule has 5 nitrogen and oxygen atoms in total. The summed E-state index contributed by atoms with van der Waals surface area (Å²) in [6.45, 7) is 12.2. The lowest BCUT2D eigenvalue weighted by Crippen LogP contribution is -2.31. The Kier molecular flexibility index (Phi) is 5.22. The number of aryl methyl sites for hydroxylation is 1. The molecule has 0 saturated heterocycles. The maximum absolute atomic E-state index is 12.1. The van der Waals surface area contributed by atoms with Gasteiger partial charge in [0.2, 0.25) is 0 Å². The molecule has 1 heterocycles. The van der Waals surface area contributed by atoms with Crippen molar-refractivity contribution in [3.8, 4) is 0 Å². The third-order valence-corrected chi connectivity index (χ3v) is 3.51. The van der Waals surface area contributed by atoms with Crippen LogP contribution in [0.3, 0.4) is 0 Å². The van der Waals surface area contributed by atoms with E-state index < -0.39 is 0 Å². The molecule has 0 aliphatic rings. The number of benzene rings is 1. The first-order chi connectivity index (χ1) is 11.1. The summed E-state index contributed by atoms with van der Waals surface area (Å²) in [5.74, 6) is 0.974. The lowest BCUT2D eigenvalue weighted by atomic mass is 9.87. The van der Waals surface area contributed by atoms with Gasteiger partial charge in [0.15, 0.2) is 0 Å². The molecular formula is C19H26N4O. The first-order valence-corrected chi connectivity index (χ1v) is 8.19. The van der Waals surface area contributed by atoms with Crippen LogP contribution < -0.4 is 10.6 Å². The maximum Gasteiger partial charge on any atom is 0.270 e. The topological polar surface area (TPSA) is 66.9 Å². The number of hydrogen-bond donors (Lipinski definition) is 2. The Morgan fingerprint density at radius 2 is 1.71 bits per heavy atom. The molecule has 0 fully saturated rings. The van der Waals surface area contributed by atoms with Crippen LogP contribution in [0.15, 0.2) is 30.3 Å². The van der Waals surface area contributed by atoms with Crippen molar-refractivity contribution in [2.24, 2.45) is 0 Å². The fraction of sp³-hybridized carbons (Fsp3) is 0.421. The number of aromatic nitrogens is 2. The normalized spacial score (nSPS) is 11.5. The summed E-state index contributed by atoms with van der Waals surface area (Å²) in [6.07, 6.45) is 0. The second kappa shape index (κ2) is 6.99. The van der Waals surface area contributed by atoms with E-state index in [2.05, 4.69) is 53.5 Å². The number of amides is 1. The highest BCUT2D eigenvalue weighted by Crippen LogP contribution is 2.24. The highest BCUT2D eigenvalue weighted by Gasteiger charge is 2.14. The summed E-state index contributed by atoms with van der Waals surface area (Å²) >= 11 is 0. The van der Waals surface area contributed by atoms with Gasteiger partial charge in [-0.15, -0.1) is 0 Å². The number of rotatable bonds is 4. The van der Waals surface area contributed by atoms with Crippen LogP contribution in [0.1, 0.15) is 56.5 Å². The summed E-state index contributed by atoms with van der Waals surface area (Å²) in [4.78, 5) is 20.7. The number of nitrogens with zero attached hydrogens (tertiary/aromatic N) is 2. The molecule has 0 saturated carbocycles. The minimum absolute atomic E-state index is 0.0640. The maximum atomic E-state index is 12.1. The van der Waals surface area contributed by atoms with Crippen LogP contribution in [0.4, 0.5) is 11.5 Å². The van der Waals surface area contributed by atoms with E-state index in [1.807, 2.05) is 26.0 Å². The molecule has 24 heavy (non-hydrogen) atoms. The Labute approximate surface area is 143 Å². The summed E-state index contributed by atoms with van der Waals surface area (Å²) in [5.41, 5.74) is 2.68. The van der Waals surface area contributed by atoms with E-state index in [0.29, 0.717) is 17.3 Å². The van der Waals surface area contributed by atoms with Gasteiger partial charge in [-0.25, -0.2) is 9.97 Å². The van der Waals surface area contributed by atoms with Crippen LogP contribution in [-0.2, 0) is 5.41 Å². The van der Waals surface area contributed by atoms with Gasteiger partial charge < -0.3 is 10.6 Å². The van der Waals surface area contributed by atoms with Crippen LogP contribution in [-0.4, -0.2) is 21.9 Å². The Hall–Kier alpha value is -2.43. The van der Waals surface area contributed by atoms with Crippen LogP contribution in [0, 0.1) is 6.92 Å². The number of anilines is 2. The summed E-state index contributed by atoms with van der Waals surface area (Å²) in [5, 5.41) is 6.09. The van der Waals surface area contributed by atoms with Crippen molar-refractivity contribution in [3.05, 3.63) is 47.4 Å². The number of hydrogen-bond acceptors (Lipinski definition) is 4. The molecule has 1 amide bonds. The van der Waals surface area contributed by atoms with Gasteiger partial charge in [-0.2, -0.15) is 0 Å². The fourth-order valence-corrected chi connectivity index (χ4v) is 2.29. The summed E-state index contributed by atoms with van der Waals surface area (Å²) in [7, 11) is 0. The summed E-state index contributed by atoms with van der Waals surface area (Å²) < 4.78 is 0. The Bertz CT molecular complexity index is 715. The van der Waals surface area contributed by atoms with E-state index >= 15 is 0 Å². The smallest absolute Gasteiger partial charge is 0.270 e. The molecule has 0 bridgehead atoms. The first-order valence-electron chi connectivity index (χ1n) is 8.19. The van der Waals surface area contributed by atoms with Crippen LogP contribution >= 0.6 is 0 Å². The van der Waals surface area contributed by atoms with Crippen LogP contribution in [0.2, 0.25) is 0 Å². The standard InChI is InChI=1S/C19H26N4O/c1-12(2)20-18(24)16-11-17(22-13(3)21-16)23-15-9-7-14(8-10-15)19(4,5)6/h7-12H,1-6H3,(H,20,24)(H,21,22,23). The monoisotopic (exact) mass is 326 g/mol. The second-order valence-electron chi connectivity index (χ2n) is 7.27. The fourth-order valence-electron chi connectivity index (χ4n) is 2.29. The molecule has 0 unspecified atom stereocenters. The van der Waals surface area contributed by atoms with Crippen LogP contribution in [0.5, 0.6) is 0 Å². The zero-order chi connectivity index (χ0) is 17.9. The van der Waals surface area contributed by atoms with Crippen molar-refractivity contribution in [3.63, 3.8) is 0 Å². The lowest BCUT2D eigenvalue weighted by molar-refractivity contribution is 0.0937. The van der Waals surface area contributed by atoms with E-state index in [1.54, 1.807) is 13.0 Å². The van der Waals surface area contributed by atoms with E-state index in [0.717, 1.165) is 5.69 Å². The molecule has 1 aromatic carbocycles. The van der Waals surface area contributed by atoms with Crippen molar-refractivity contribution in [2.75, 3.05) is 5.32 Å². The highest BCUT2D eigenvalue weighted by molar-refractivity contribution is 5.93. The number of carbonyl (C=O) groups excluding carboxylic acids is 1. The van der Waals surface area contributed by atoms with E-state index in [4.69, 9.17) is 0 Å². The molecule has 1 aromatic heterocycles. The molecule has 2 N–H and O–H groups in total.